The Bertz CT molecular complexity index is 968. The van der Waals surface area contributed by atoms with Crippen molar-refractivity contribution in [2.75, 3.05) is 10.5 Å². The molecule has 3 heterocycles. The lowest BCUT2D eigenvalue weighted by molar-refractivity contribution is 0.463. The molecule has 8 nitrogen and oxygen atoms in total. The molecule has 1 aromatic carbocycles. The summed E-state index contributed by atoms with van der Waals surface area (Å²) in [5.74, 6) is 1.51. The van der Waals surface area contributed by atoms with Gasteiger partial charge < -0.3 is 4.74 Å². The Labute approximate surface area is 138 Å². The Kier molecular flexibility index (Phi) is 3.42. The maximum Gasteiger partial charge on any atom is 0.235 e. The summed E-state index contributed by atoms with van der Waals surface area (Å²) in [4.78, 5) is 4.10. The van der Waals surface area contributed by atoms with Crippen LogP contribution >= 0.6 is 0 Å². The first-order valence-electron chi connectivity index (χ1n) is 7.24. The molecule has 0 spiro atoms. The van der Waals surface area contributed by atoms with Gasteiger partial charge in [0, 0.05) is 17.8 Å². The van der Waals surface area contributed by atoms with Gasteiger partial charge in [-0.2, -0.15) is 0 Å². The van der Waals surface area contributed by atoms with Crippen LogP contribution in [0.5, 0.6) is 11.6 Å². The number of nitrogens with zero attached hydrogens (tertiary/aromatic N) is 4. The molecule has 3 aromatic rings. The summed E-state index contributed by atoms with van der Waals surface area (Å²) in [7, 11) is -3.33. The number of aryl methyl sites for hydroxylation is 1. The van der Waals surface area contributed by atoms with Gasteiger partial charge in [-0.25, -0.2) is 18.1 Å². The minimum absolute atomic E-state index is 0.000344. The predicted molar refractivity (Wildman–Crippen MR) is 87.2 cm³/mol. The summed E-state index contributed by atoms with van der Waals surface area (Å²) < 4.78 is 33.2. The maximum absolute atomic E-state index is 11.7. The van der Waals surface area contributed by atoms with E-state index in [0.29, 0.717) is 29.7 Å². The van der Waals surface area contributed by atoms with Crippen molar-refractivity contribution in [3.8, 4) is 22.9 Å². The zero-order chi connectivity index (χ0) is 16.6. The third kappa shape index (κ3) is 2.81. The third-order valence-electron chi connectivity index (χ3n) is 3.55. The van der Waals surface area contributed by atoms with Gasteiger partial charge in [0.2, 0.25) is 15.9 Å². The van der Waals surface area contributed by atoms with Gasteiger partial charge in [-0.05, 0) is 30.3 Å². The number of pyridine rings is 1. The molecule has 0 fully saturated rings. The van der Waals surface area contributed by atoms with E-state index in [1.165, 1.54) is 0 Å². The van der Waals surface area contributed by atoms with Crippen molar-refractivity contribution in [3.05, 3.63) is 48.7 Å². The number of anilines is 1. The second kappa shape index (κ2) is 5.60. The summed E-state index contributed by atoms with van der Waals surface area (Å²) in [5, 5.41) is 8.07. The first-order chi connectivity index (χ1) is 11.6. The summed E-state index contributed by atoms with van der Waals surface area (Å²) in [6.45, 7) is 0.290. The van der Waals surface area contributed by atoms with E-state index in [1.807, 2.05) is 12.1 Å². The fraction of sp³-hybridized carbons (Fsp3) is 0.133. The number of nitrogens with one attached hydrogen (secondary N) is 1. The minimum Gasteiger partial charge on any atom is -0.439 e. The fourth-order valence-corrected chi connectivity index (χ4v) is 3.39. The first kappa shape index (κ1) is 14.6. The highest BCUT2D eigenvalue weighted by molar-refractivity contribution is 7.92. The molecule has 0 atom stereocenters. The second-order valence-electron chi connectivity index (χ2n) is 5.23. The van der Waals surface area contributed by atoms with Crippen LogP contribution in [-0.2, 0) is 16.6 Å². The van der Waals surface area contributed by atoms with E-state index in [2.05, 4.69) is 20.0 Å². The van der Waals surface area contributed by atoms with Crippen molar-refractivity contribution in [1.29, 1.82) is 0 Å². The summed E-state index contributed by atoms with van der Waals surface area (Å²) >= 11 is 0. The average molecular weight is 343 g/mol. The van der Waals surface area contributed by atoms with Crippen molar-refractivity contribution in [2.24, 2.45) is 0 Å². The number of benzene rings is 1. The van der Waals surface area contributed by atoms with Crippen LogP contribution in [0.4, 0.5) is 5.82 Å². The third-order valence-corrected chi connectivity index (χ3v) is 4.77. The molecule has 1 aliphatic rings. The van der Waals surface area contributed by atoms with E-state index < -0.39 is 10.0 Å². The zero-order valence-electron chi connectivity index (χ0n) is 12.5. The van der Waals surface area contributed by atoms with Gasteiger partial charge in [-0.15, -0.1) is 5.10 Å². The van der Waals surface area contributed by atoms with Crippen LogP contribution in [0.2, 0.25) is 0 Å². The molecule has 4 rings (SSSR count). The lowest BCUT2D eigenvalue weighted by Gasteiger charge is -2.16. The normalized spacial score (nSPS) is 15.3. The van der Waals surface area contributed by atoms with E-state index in [9.17, 15) is 8.42 Å². The number of fused-ring (bicyclic) bond motifs is 1. The molecule has 0 radical (unpaired) electrons. The first-order valence-corrected chi connectivity index (χ1v) is 8.89. The average Bonchev–Trinajstić information content (AvgIpc) is 2.98. The van der Waals surface area contributed by atoms with E-state index in [0.717, 1.165) is 5.56 Å². The van der Waals surface area contributed by atoms with Crippen LogP contribution in [-0.4, -0.2) is 34.1 Å². The van der Waals surface area contributed by atoms with E-state index in [-0.39, 0.29) is 5.75 Å². The molecule has 9 heteroatoms. The lowest BCUT2D eigenvalue weighted by Crippen LogP contribution is -2.28. The van der Waals surface area contributed by atoms with Crippen LogP contribution in [0.1, 0.15) is 0 Å². The molecule has 2 aromatic heterocycles. The lowest BCUT2D eigenvalue weighted by atomic mass is 10.1. The van der Waals surface area contributed by atoms with Gasteiger partial charge in [0.25, 0.3) is 0 Å². The Morgan fingerprint density at radius 3 is 2.71 bits per heavy atom. The molecule has 0 bridgehead atoms. The van der Waals surface area contributed by atoms with Gasteiger partial charge in [-0.3, -0.25) is 4.72 Å². The Morgan fingerprint density at radius 1 is 1.12 bits per heavy atom. The van der Waals surface area contributed by atoms with Crippen molar-refractivity contribution < 1.29 is 13.2 Å². The molecule has 0 saturated carbocycles. The molecule has 1 N–H and O–H groups in total. The molecular weight excluding hydrogens is 330 g/mol. The van der Waals surface area contributed by atoms with Crippen LogP contribution in [0.3, 0.4) is 0 Å². The fourth-order valence-electron chi connectivity index (χ4n) is 2.38. The number of rotatable bonds is 3. The zero-order valence-corrected chi connectivity index (χ0v) is 13.3. The largest absolute Gasteiger partial charge is 0.439 e. The predicted octanol–water partition coefficient (Wildman–Crippen LogP) is 1.89. The van der Waals surface area contributed by atoms with Gasteiger partial charge in [0.15, 0.2) is 5.82 Å². The van der Waals surface area contributed by atoms with Gasteiger partial charge in [0.05, 0.1) is 12.3 Å². The molecule has 0 amide bonds. The molecular formula is C15H13N5O3S. The summed E-state index contributed by atoms with van der Waals surface area (Å²) in [5.41, 5.74) is 1.23. The molecule has 0 unspecified atom stereocenters. The van der Waals surface area contributed by atoms with Crippen molar-refractivity contribution >= 4 is 15.8 Å². The summed E-state index contributed by atoms with van der Waals surface area (Å²) in [6, 6.07) is 12.5. The number of hydrogen-bond acceptors (Lipinski definition) is 6. The quantitative estimate of drug-likeness (QED) is 0.780. The van der Waals surface area contributed by atoms with Crippen LogP contribution in [0.15, 0.2) is 48.7 Å². The minimum atomic E-state index is -3.33. The van der Waals surface area contributed by atoms with Crippen LogP contribution < -0.4 is 9.46 Å². The topological polar surface area (TPSA) is 99.0 Å². The molecule has 1 aliphatic heterocycles. The van der Waals surface area contributed by atoms with E-state index >= 15 is 0 Å². The molecule has 122 valence electrons. The van der Waals surface area contributed by atoms with Crippen molar-refractivity contribution in [3.63, 3.8) is 0 Å². The number of sulfonamides is 1. The standard InChI is InChI=1S/C15H13N5O3S/c21-24(22)10-9-20-15(18-24)14(17-19-20)11-4-6-12(7-5-11)23-13-3-1-2-8-16-13/h1-8,18H,9-10H2. The Hall–Kier alpha value is -2.94. The van der Waals surface area contributed by atoms with Crippen molar-refractivity contribution in [1.82, 2.24) is 20.0 Å². The second-order valence-corrected chi connectivity index (χ2v) is 7.07. The number of ether oxygens (including phenoxy) is 1. The van der Waals surface area contributed by atoms with Crippen molar-refractivity contribution in [2.45, 2.75) is 6.54 Å². The molecule has 0 saturated heterocycles. The monoisotopic (exact) mass is 343 g/mol. The van der Waals surface area contributed by atoms with Gasteiger partial charge >= 0.3 is 0 Å². The highest BCUT2D eigenvalue weighted by Gasteiger charge is 2.25. The molecule has 24 heavy (non-hydrogen) atoms. The maximum atomic E-state index is 11.7. The van der Waals surface area contributed by atoms with E-state index in [4.69, 9.17) is 4.74 Å². The van der Waals surface area contributed by atoms with Crippen LogP contribution in [0, 0.1) is 0 Å². The molecule has 0 aliphatic carbocycles. The highest BCUT2D eigenvalue weighted by Crippen LogP contribution is 2.30. The van der Waals surface area contributed by atoms with Gasteiger partial charge in [-0.1, -0.05) is 11.3 Å². The highest BCUT2D eigenvalue weighted by atomic mass is 32.2. The van der Waals surface area contributed by atoms with Gasteiger partial charge in [0.1, 0.15) is 11.4 Å². The summed E-state index contributed by atoms with van der Waals surface area (Å²) in [6.07, 6.45) is 1.65. The van der Waals surface area contributed by atoms with Crippen LogP contribution in [0.25, 0.3) is 11.3 Å². The number of aromatic nitrogens is 4. The SMILES string of the molecule is O=S1(=O)CCn2nnc(-c3ccc(Oc4ccccn4)cc3)c2N1. The smallest absolute Gasteiger partial charge is 0.235 e. The van der Waals surface area contributed by atoms with E-state index in [1.54, 1.807) is 41.2 Å². The Balaban J connectivity index is 1.61. The Morgan fingerprint density at radius 2 is 1.96 bits per heavy atom. The number of hydrogen-bond donors (Lipinski definition) is 1.